The molecule has 1 aromatic carbocycles. The molecule has 2 rings (SSSR count). The van der Waals surface area contributed by atoms with E-state index in [2.05, 4.69) is 11.9 Å². The van der Waals surface area contributed by atoms with E-state index in [4.69, 9.17) is 9.31 Å². The Morgan fingerprint density at radius 2 is 1.88 bits per heavy atom. The third-order valence-corrected chi connectivity index (χ3v) is 4.37. The van der Waals surface area contributed by atoms with Crippen LogP contribution in [0.3, 0.4) is 0 Å². The molecule has 2 nitrogen and oxygen atoms in total. The summed E-state index contributed by atoms with van der Waals surface area (Å²) in [6, 6.07) is 7.80. The Kier molecular flexibility index (Phi) is 5.02. The molecule has 0 amide bonds. The normalized spacial score (nSPS) is 13.6. The zero-order valence-corrected chi connectivity index (χ0v) is 11.8. The molecule has 1 heterocycles. The first-order chi connectivity index (χ1) is 8.40. The van der Waals surface area contributed by atoms with Gasteiger partial charge < -0.3 is 0 Å². The minimum atomic E-state index is -0.222. The molecule has 1 aromatic rings. The summed E-state index contributed by atoms with van der Waals surface area (Å²) in [5.74, 6) is 3.73. The Balaban J connectivity index is 1.70. The number of benzene rings is 1. The van der Waals surface area contributed by atoms with Crippen molar-refractivity contribution < 1.29 is 9.31 Å². The van der Waals surface area contributed by atoms with Crippen LogP contribution in [0.2, 0.25) is 5.32 Å². The SMILES string of the molecule is CCCCC[Se]/C=C/B1Oc2ccccc2O1. The van der Waals surface area contributed by atoms with Gasteiger partial charge in [0.15, 0.2) is 0 Å². The molecule has 0 radical (unpaired) electrons. The van der Waals surface area contributed by atoms with Crippen molar-refractivity contribution in [1.82, 2.24) is 0 Å². The van der Waals surface area contributed by atoms with Gasteiger partial charge in [0.05, 0.1) is 0 Å². The first-order valence-electron chi connectivity index (χ1n) is 6.11. The standard InChI is InChI=1S/C13H17BO2Se/c1-2-3-6-10-17-11-9-14-15-12-7-4-5-8-13(12)16-14/h4-5,7-9,11H,2-3,6,10H2,1H3/b11-9+. The quantitative estimate of drug-likeness (QED) is 0.592. The van der Waals surface area contributed by atoms with Gasteiger partial charge in [-0.3, -0.25) is 0 Å². The van der Waals surface area contributed by atoms with E-state index in [-0.39, 0.29) is 7.12 Å². The maximum atomic E-state index is 5.64. The maximum absolute atomic E-state index is 5.64. The van der Waals surface area contributed by atoms with E-state index < -0.39 is 0 Å². The van der Waals surface area contributed by atoms with E-state index in [9.17, 15) is 0 Å². The Morgan fingerprint density at radius 3 is 2.53 bits per heavy atom. The predicted octanol–water partition coefficient (Wildman–Crippen LogP) is 3.31. The van der Waals surface area contributed by atoms with Crippen LogP contribution in [0.5, 0.6) is 11.5 Å². The first kappa shape index (κ1) is 12.6. The molecule has 90 valence electrons. The zero-order valence-electron chi connectivity index (χ0n) is 10.1. The monoisotopic (exact) mass is 296 g/mol. The van der Waals surface area contributed by atoms with E-state index in [1.165, 1.54) is 24.6 Å². The average Bonchev–Trinajstić information content (AvgIpc) is 2.76. The molecular weight excluding hydrogens is 278 g/mol. The van der Waals surface area contributed by atoms with Crippen molar-refractivity contribution in [3.05, 3.63) is 35.2 Å². The fourth-order valence-corrected chi connectivity index (χ4v) is 3.19. The summed E-state index contributed by atoms with van der Waals surface area (Å²) in [7, 11) is -0.222. The number of hydrogen-bond acceptors (Lipinski definition) is 2. The van der Waals surface area contributed by atoms with E-state index in [1.807, 2.05) is 30.2 Å². The van der Waals surface area contributed by atoms with Crippen LogP contribution in [0, 0.1) is 0 Å². The molecule has 0 saturated carbocycles. The fraction of sp³-hybridized carbons (Fsp3) is 0.385. The number of para-hydroxylation sites is 2. The number of rotatable bonds is 6. The van der Waals surface area contributed by atoms with Gasteiger partial charge >= 0.3 is 110 Å². The van der Waals surface area contributed by atoms with Gasteiger partial charge in [0.2, 0.25) is 0 Å². The summed E-state index contributed by atoms with van der Waals surface area (Å²) in [6.45, 7) is 2.24. The van der Waals surface area contributed by atoms with Crippen molar-refractivity contribution in [2.75, 3.05) is 0 Å². The summed E-state index contributed by atoms with van der Waals surface area (Å²) >= 11 is 0.580. The van der Waals surface area contributed by atoms with Gasteiger partial charge in [0.25, 0.3) is 0 Å². The van der Waals surface area contributed by atoms with Crippen LogP contribution >= 0.6 is 0 Å². The van der Waals surface area contributed by atoms with Crippen molar-refractivity contribution >= 4 is 22.1 Å². The van der Waals surface area contributed by atoms with E-state index in [0.717, 1.165) is 11.5 Å². The molecule has 0 N–H and O–H groups in total. The van der Waals surface area contributed by atoms with Gasteiger partial charge in [0, 0.05) is 0 Å². The average molecular weight is 295 g/mol. The molecule has 4 heteroatoms. The molecule has 0 aromatic heterocycles. The molecule has 0 aliphatic carbocycles. The fourth-order valence-electron chi connectivity index (χ4n) is 1.62. The summed E-state index contributed by atoms with van der Waals surface area (Å²) < 4.78 is 11.3. The molecule has 1 aliphatic rings. The van der Waals surface area contributed by atoms with E-state index in [1.54, 1.807) is 0 Å². The Hall–Kier alpha value is -0.856. The van der Waals surface area contributed by atoms with Gasteiger partial charge in [0.1, 0.15) is 0 Å². The molecule has 0 saturated heterocycles. The summed E-state index contributed by atoms with van der Waals surface area (Å²) in [5.41, 5.74) is 0. The topological polar surface area (TPSA) is 18.5 Å². The Bertz CT molecular complexity index is 356. The molecule has 1 aliphatic heterocycles. The summed E-state index contributed by atoms with van der Waals surface area (Å²) in [4.78, 5) is 2.22. The van der Waals surface area contributed by atoms with Crippen molar-refractivity contribution in [3.63, 3.8) is 0 Å². The van der Waals surface area contributed by atoms with Crippen molar-refractivity contribution in [2.24, 2.45) is 0 Å². The van der Waals surface area contributed by atoms with Crippen LogP contribution in [-0.4, -0.2) is 22.1 Å². The van der Waals surface area contributed by atoms with Crippen molar-refractivity contribution in [3.8, 4) is 11.5 Å². The summed E-state index contributed by atoms with van der Waals surface area (Å²) in [5, 5.41) is 1.32. The van der Waals surface area contributed by atoms with Crippen LogP contribution < -0.4 is 9.31 Å². The second-order valence-electron chi connectivity index (χ2n) is 3.96. The van der Waals surface area contributed by atoms with Crippen LogP contribution in [-0.2, 0) is 0 Å². The molecule has 0 atom stereocenters. The van der Waals surface area contributed by atoms with Crippen LogP contribution in [0.25, 0.3) is 0 Å². The molecule has 0 fully saturated rings. The Morgan fingerprint density at radius 1 is 1.18 bits per heavy atom. The molecule has 0 unspecified atom stereocenters. The van der Waals surface area contributed by atoms with Gasteiger partial charge in [-0.1, -0.05) is 0 Å². The van der Waals surface area contributed by atoms with Crippen LogP contribution in [0.4, 0.5) is 0 Å². The van der Waals surface area contributed by atoms with Gasteiger partial charge in [-0.15, -0.1) is 0 Å². The number of hydrogen-bond donors (Lipinski definition) is 0. The van der Waals surface area contributed by atoms with E-state index >= 15 is 0 Å². The number of unbranched alkanes of at least 4 members (excludes halogenated alkanes) is 2. The zero-order chi connectivity index (χ0) is 11.9. The second-order valence-corrected chi connectivity index (χ2v) is 6.08. The Labute approximate surface area is 110 Å². The number of fused-ring (bicyclic) bond motifs is 1. The third kappa shape index (κ3) is 3.83. The molecule has 17 heavy (non-hydrogen) atoms. The molecular formula is C13H17BO2Se. The van der Waals surface area contributed by atoms with Crippen molar-refractivity contribution in [2.45, 2.75) is 31.5 Å². The second kappa shape index (κ2) is 6.78. The van der Waals surface area contributed by atoms with Crippen LogP contribution in [0.15, 0.2) is 35.2 Å². The predicted molar refractivity (Wildman–Crippen MR) is 72.7 cm³/mol. The molecule has 0 bridgehead atoms. The van der Waals surface area contributed by atoms with Gasteiger partial charge in [-0.25, -0.2) is 0 Å². The minimum absolute atomic E-state index is 0.222. The van der Waals surface area contributed by atoms with Gasteiger partial charge in [-0.2, -0.15) is 0 Å². The molecule has 0 spiro atoms. The first-order valence-corrected chi connectivity index (χ1v) is 8.31. The van der Waals surface area contributed by atoms with Gasteiger partial charge in [-0.05, 0) is 0 Å². The van der Waals surface area contributed by atoms with Crippen LogP contribution in [0.1, 0.15) is 26.2 Å². The van der Waals surface area contributed by atoms with Crippen molar-refractivity contribution in [1.29, 1.82) is 0 Å². The summed E-state index contributed by atoms with van der Waals surface area (Å²) in [6.07, 6.45) is 3.98. The van der Waals surface area contributed by atoms with E-state index in [0.29, 0.717) is 15.0 Å². The third-order valence-electron chi connectivity index (χ3n) is 2.53.